The number of anilines is 1. The zero-order chi connectivity index (χ0) is 37.9. The van der Waals surface area contributed by atoms with Crippen molar-refractivity contribution in [1.29, 1.82) is 0 Å². The Kier molecular flexibility index (Phi) is 9.68. The molecular weight excluding hydrogens is 673 g/mol. The third-order valence-corrected chi connectivity index (χ3v) is 11.6. The van der Waals surface area contributed by atoms with Crippen molar-refractivity contribution >= 4 is 46.6 Å². The van der Waals surface area contributed by atoms with Gasteiger partial charge >= 0.3 is 0 Å². The molecule has 0 unspecified atom stereocenters. The molecule has 6 rings (SSSR count). The Hall–Kier alpha value is -4.83. The number of aromatic carboxylic acids is 1. The van der Waals surface area contributed by atoms with Gasteiger partial charge in [0.25, 0.3) is 5.56 Å². The number of unbranched alkanes of at least 4 members (excludes halogenated alkanes) is 3. The van der Waals surface area contributed by atoms with Gasteiger partial charge in [0.05, 0.1) is 11.4 Å². The number of hydrogen-bond donors (Lipinski definition) is 1. The van der Waals surface area contributed by atoms with Crippen LogP contribution in [-0.4, -0.2) is 49.9 Å². The molecule has 2 aromatic carbocycles. The van der Waals surface area contributed by atoms with Crippen LogP contribution in [0.2, 0.25) is 0 Å². The van der Waals surface area contributed by atoms with Crippen LogP contribution in [0.15, 0.2) is 76.3 Å². The minimum atomic E-state index is -1.27. The summed E-state index contributed by atoms with van der Waals surface area (Å²) in [6.45, 7) is 15.5. The summed E-state index contributed by atoms with van der Waals surface area (Å²) in [5.41, 5.74) is 5.08. The van der Waals surface area contributed by atoms with Crippen LogP contribution in [0.3, 0.4) is 0 Å². The van der Waals surface area contributed by atoms with Crippen LogP contribution in [0.4, 0.5) is 11.4 Å². The van der Waals surface area contributed by atoms with Crippen molar-refractivity contribution in [3.05, 3.63) is 109 Å². The van der Waals surface area contributed by atoms with E-state index in [9.17, 15) is 24.6 Å². The van der Waals surface area contributed by atoms with Gasteiger partial charge in [-0.15, -0.1) is 0 Å². The van der Waals surface area contributed by atoms with Gasteiger partial charge in [-0.1, -0.05) is 58.2 Å². The van der Waals surface area contributed by atoms with Gasteiger partial charge < -0.3 is 19.9 Å². The molecule has 9 nitrogen and oxygen atoms in total. The average Bonchev–Trinajstić information content (AvgIpc) is 3.44. The summed E-state index contributed by atoms with van der Waals surface area (Å²) in [6, 6.07) is 13.2. The fraction of sp³-hybridized carbons (Fsp3) is 0.405. The molecule has 0 atom stereocenters. The molecule has 0 amide bonds. The number of benzene rings is 2. The topological polar surface area (TPSA) is 111 Å². The highest BCUT2D eigenvalue weighted by atomic mass is 32.1. The number of carboxylic acid groups (broad SMARTS) is 1. The lowest BCUT2D eigenvalue weighted by Crippen LogP contribution is -2.34. The minimum absolute atomic E-state index is 0.0358. The van der Waals surface area contributed by atoms with Gasteiger partial charge in [-0.05, 0) is 81.7 Å². The summed E-state index contributed by atoms with van der Waals surface area (Å²) in [5, 5.41) is 23.6. The Bertz CT molecular complexity index is 2280. The van der Waals surface area contributed by atoms with E-state index in [1.54, 1.807) is 18.2 Å². The number of aromatic hydroxyl groups is 1. The first-order chi connectivity index (χ1) is 24.6. The van der Waals surface area contributed by atoms with E-state index in [1.807, 2.05) is 57.5 Å². The Balaban J connectivity index is 1.62. The quantitative estimate of drug-likeness (QED) is 0.101. The standard InChI is InChI=1S/C42H48N4O5S/c1-9-12-13-16-21-46-31-18-15-14-17-28(31)41(4,5)33(46)24-27-34(35-37(48)44(10-2)40(52)45(11-3)38(35)49)26(36(27)47)23-32-42(6,7)29-22-25(39(50)51)19-20-30(29)43(32)8/h14-15,17-20,22-24H,9-13,16,21H2,1-8H3,(H-,47,48,49,50,51). The maximum absolute atomic E-state index is 14.6. The lowest BCUT2D eigenvalue weighted by molar-refractivity contribution is -0.401. The Morgan fingerprint density at radius 3 is 2.27 bits per heavy atom. The zero-order valence-electron chi connectivity index (χ0n) is 31.4. The van der Waals surface area contributed by atoms with Gasteiger partial charge in [0.15, 0.2) is 16.3 Å². The van der Waals surface area contributed by atoms with E-state index in [-0.39, 0.29) is 27.6 Å². The molecule has 1 aliphatic carbocycles. The molecule has 2 aliphatic heterocycles. The largest absolute Gasteiger partial charge is 0.545 e. The van der Waals surface area contributed by atoms with E-state index >= 15 is 0 Å². The van der Waals surface area contributed by atoms with E-state index in [0.717, 1.165) is 66.1 Å². The molecule has 0 saturated carbocycles. The molecule has 3 heterocycles. The summed E-state index contributed by atoms with van der Waals surface area (Å²) < 4.78 is 5.14. The second-order valence-electron chi connectivity index (χ2n) is 14.9. The van der Waals surface area contributed by atoms with Crippen LogP contribution < -0.4 is 15.6 Å². The highest BCUT2D eigenvalue weighted by molar-refractivity contribution is 7.71. The van der Waals surface area contributed by atoms with E-state index in [4.69, 9.17) is 12.2 Å². The van der Waals surface area contributed by atoms with Crippen molar-refractivity contribution in [2.45, 2.75) is 98.1 Å². The fourth-order valence-corrected chi connectivity index (χ4v) is 8.63. The number of fused-ring (bicyclic) bond motifs is 2. The number of carbonyl (C=O) groups excluding carboxylic acids is 2. The lowest BCUT2D eigenvalue weighted by Gasteiger charge is -2.31. The number of aromatic nitrogens is 2. The van der Waals surface area contributed by atoms with Gasteiger partial charge in [0.2, 0.25) is 11.6 Å². The molecule has 10 heteroatoms. The summed E-state index contributed by atoms with van der Waals surface area (Å²) in [6.07, 6.45) is 8.06. The zero-order valence-corrected chi connectivity index (χ0v) is 32.2. The number of para-hydroxylation sites is 1. The monoisotopic (exact) mass is 720 g/mol. The molecule has 0 radical (unpaired) electrons. The van der Waals surface area contributed by atoms with Gasteiger partial charge in [0, 0.05) is 70.9 Å². The average molecular weight is 721 g/mol. The predicted octanol–water partition coefficient (Wildman–Crippen LogP) is 6.72. The van der Waals surface area contributed by atoms with Crippen LogP contribution in [0.25, 0.3) is 5.57 Å². The third kappa shape index (κ3) is 5.62. The summed E-state index contributed by atoms with van der Waals surface area (Å²) in [5.74, 6) is -1.78. The number of carbonyl (C=O) groups is 2. The maximum atomic E-state index is 14.6. The highest BCUT2D eigenvalue weighted by Gasteiger charge is 2.47. The molecule has 0 spiro atoms. The SMILES string of the molecule is CCCCCCN1/C(=C/C2=C(c3c(O)n(CC)c(=S)n(CC)c3=O)C(=C/C3=[N+](C)c4ccc(C(=O)[O-])cc4C3(C)C)/C2=O)C(C)(C)c2ccccc21. The maximum Gasteiger partial charge on any atom is 0.266 e. The number of hydrogen-bond acceptors (Lipinski definition) is 7. The molecule has 1 aromatic heterocycles. The summed E-state index contributed by atoms with van der Waals surface area (Å²) in [4.78, 5) is 43.0. The van der Waals surface area contributed by atoms with Crippen molar-refractivity contribution in [3.8, 4) is 5.88 Å². The summed E-state index contributed by atoms with van der Waals surface area (Å²) >= 11 is 5.63. The fourth-order valence-electron chi connectivity index (χ4n) is 8.20. The molecule has 0 bridgehead atoms. The highest BCUT2D eigenvalue weighted by Crippen LogP contribution is 2.51. The van der Waals surface area contributed by atoms with Crippen LogP contribution in [0, 0.1) is 4.77 Å². The van der Waals surface area contributed by atoms with Crippen molar-refractivity contribution < 1.29 is 24.4 Å². The first-order valence-electron chi connectivity index (χ1n) is 18.3. The third-order valence-electron chi connectivity index (χ3n) is 11.2. The van der Waals surface area contributed by atoms with Crippen molar-refractivity contribution in [3.63, 3.8) is 0 Å². The lowest BCUT2D eigenvalue weighted by atomic mass is 9.73. The van der Waals surface area contributed by atoms with Gasteiger partial charge in [-0.2, -0.15) is 4.58 Å². The first-order valence-corrected chi connectivity index (χ1v) is 18.7. The molecular formula is C42H48N4O5S. The number of nitrogens with zero attached hydrogens (tertiary/aromatic N) is 4. The van der Waals surface area contributed by atoms with Gasteiger partial charge in [-0.25, -0.2) is 0 Å². The van der Waals surface area contributed by atoms with Crippen molar-refractivity contribution in [2.24, 2.45) is 0 Å². The normalized spacial score (nSPS) is 18.8. The van der Waals surface area contributed by atoms with Crippen molar-refractivity contribution in [2.75, 3.05) is 18.5 Å². The number of allylic oxidation sites excluding steroid dienone is 6. The molecule has 0 saturated heterocycles. The molecule has 3 aromatic rings. The molecule has 1 N–H and O–H groups in total. The van der Waals surface area contributed by atoms with Crippen LogP contribution >= 0.6 is 12.2 Å². The Labute approximate surface area is 310 Å². The second kappa shape index (κ2) is 13.6. The van der Waals surface area contributed by atoms with E-state index in [2.05, 4.69) is 37.8 Å². The van der Waals surface area contributed by atoms with Crippen LogP contribution in [0.5, 0.6) is 5.88 Å². The van der Waals surface area contributed by atoms with E-state index < -0.39 is 22.4 Å². The molecule has 3 aliphatic rings. The van der Waals surface area contributed by atoms with Crippen molar-refractivity contribution in [1.82, 2.24) is 9.13 Å². The molecule has 272 valence electrons. The number of Topliss-reactive ketones (excluding diaryl/α,β-unsaturated/α-hetero) is 1. The van der Waals surface area contributed by atoms with Gasteiger partial charge in [0.1, 0.15) is 12.6 Å². The van der Waals surface area contributed by atoms with E-state index in [0.29, 0.717) is 29.8 Å². The van der Waals surface area contributed by atoms with E-state index in [1.165, 1.54) is 15.2 Å². The number of ketones is 1. The molecule has 0 fully saturated rings. The first kappa shape index (κ1) is 36.9. The molecule has 52 heavy (non-hydrogen) atoms. The Morgan fingerprint density at radius 1 is 0.923 bits per heavy atom. The second-order valence-corrected chi connectivity index (χ2v) is 15.3. The number of carboxylic acids is 1. The van der Waals surface area contributed by atoms with Crippen LogP contribution in [-0.2, 0) is 28.7 Å². The number of rotatable bonds is 11. The van der Waals surface area contributed by atoms with Crippen LogP contribution in [0.1, 0.15) is 101 Å². The summed E-state index contributed by atoms with van der Waals surface area (Å²) in [7, 11) is 1.88. The smallest absolute Gasteiger partial charge is 0.266 e. The predicted molar refractivity (Wildman–Crippen MR) is 206 cm³/mol. The minimum Gasteiger partial charge on any atom is -0.545 e. The Morgan fingerprint density at radius 2 is 1.62 bits per heavy atom. The van der Waals surface area contributed by atoms with Gasteiger partial charge in [-0.3, -0.25) is 18.7 Å².